The van der Waals surface area contributed by atoms with Crippen molar-refractivity contribution in [2.24, 2.45) is 11.8 Å². The number of esters is 1. The number of nitrogens with zero attached hydrogens (tertiary/aromatic N) is 1. The number of ether oxygens (including phenoxy) is 1. The number of halogens is 2. The molecule has 28 heavy (non-hydrogen) atoms. The summed E-state index contributed by atoms with van der Waals surface area (Å²) in [5.41, 5.74) is 0.457. The Hall–Kier alpha value is -1.79. The number of piperidine rings is 1. The molecule has 2 amide bonds. The molecule has 1 saturated heterocycles. The van der Waals surface area contributed by atoms with Gasteiger partial charge in [0.05, 0.1) is 22.6 Å². The van der Waals surface area contributed by atoms with E-state index in [9.17, 15) is 14.4 Å². The molecule has 6 nitrogen and oxygen atoms in total. The van der Waals surface area contributed by atoms with Crippen molar-refractivity contribution in [3.8, 4) is 0 Å². The average molecular weight is 429 g/mol. The predicted octanol–water partition coefficient (Wildman–Crippen LogP) is 3.55. The number of hydrogen-bond acceptors (Lipinski definition) is 4. The van der Waals surface area contributed by atoms with E-state index in [1.165, 1.54) is 0 Å². The highest BCUT2D eigenvalue weighted by Gasteiger charge is 2.29. The van der Waals surface area contributed by atoms with Crippen molar-refractivity contribution < 1.29 is 19.1 Å². The van der Waals surface area contributed by atoms with E-state index in [2.05, 4.69) is 5.32 Å². The summed E-state index contributed by atoms with van der Waals surface area (Å²) in [6.45, 7) is 5.35. The van der Waals surface area contributed by atoms with E-state index in [0.29, 0.717) is 41.8 Å². The summed E-state index contributed by atoms with van der Waals surface area (Å²) < 4.78 is 4.92. The Labute approximate surface area is 175 Å². The first kappa shape index (κ1) is 22.5. The Kier molecular flexibility index (Phi) is 8.58. The number of carbonyl (C=O) groups excluding carboxylic acids is 3. The molecule has 0 spiro atoms. The zero-order valence-electron chi connectivity index (χ0n) is 16.2. The average Bonchev–Trinajstić information content (AvgIpc) is 2.68. The minimum absolute atomic E-state index is 0.0134. The Bertz CT molecular complexity index is 726. The van der Waals surface area contributed by atoms with Gasteiger partial charge in [-0.25, -0.2) is 0 Å². The highest BCUT2D eigenvalue weighted by atomic mass is 35.5. The van der Waals surface area contributed by atoms with Gasteiger partial charge in [-0.3, -0.25) is 14.4 Å². The molecule has 1 aliphatic heterocycles. The van der Waals surface area contributed by atoms with Gasteiger partial charge in [-0.1, -0.05) is 30.1 Å². The molecule has 0 bridgehead atoms. The van der Waals surface area contributed by atoms with Gasteiger partial charge in [0.25, 0.3) is 5.91 Å². The fourth-order valence-electron chi connectivity index (χ4n) is 3.18. The van der Waals surface area contributed by atoms with E-state index in [1.54, 1.807) is 30.0 Å². The summed E-state index contributed by atoms with van der Waals surface area (Å²) in [4.78, 5) is 38.4. The minimum atomic E-state index is -0.268. The van der Waals surface area contributed by atoms with E-state index in [4.69, 9.17) is 27.9 Å². The van der Waals surface area contributed by atoms with E-state index in [1.807, 2.05) is 6.92 Å². The molecule has 0 radical (unpaired) electrons. The van der Waals surface area contributed by atoms with Crippen molar-refractivity contribution in [2.75, 3.05) is 26.2 Å². The van der Waals surface area contributed by atoms with Gasteiger partial charge >= 0.3 is 5.97 Å². The second-order valence-electron chi connectivity index (χ2n) is 7.08. The topological polar surface area (TPSA) is 75.7 Å². The second-order valence-corrected chi connectivity index (χ2v) is 7.89. The van der Waals surface area contributed by atoms with Crippen molar-refractivity contribution in [3.05, 3.63) is 33.8 Å². The summed E-state index contributed by atoms with van der Waals surface area (Å²) in [7, 11) is 0. The summed E-state index contributed by atoms with van der Waals surface area (Å²) >= 11 is 11.9. The molecule has 1 fully saturated rings. The molecule has 2 atom stereocenters. The van der Waals surface area contributed by atoms with E-state index >= 15 is 0 Å². The highest BCUT2D eigenvalue weighted by molar-refractivity contribution is 6.42. The van der Waals surface area contributed by atoms with Crippen LogP contribution in [0.4, 0.5) is 0 Å². The predicted molar refractivity (Wildman–Crippen MR) is 109 cm³/mol. The molecular weight excluding hydrogens is 403 g/mol. The second kappa shape index (κ2) is 10.7. The first-order valence-electron chi connectivity index (χ1n) is 9.49. The van der Waals surface area contributed by atoms with Crippen molar-refractivity contribution in [1.82, 2.24) is 10.2 Å². The summed E-state index contributed by atoms with van der Waals surface area (Å²) in [5, 5.41) is 3.61. The molecule has 2 rings (SSSR count). The van der Waals surface area contributed by atoms with Crippen LogP contribution in [0.5, 0.6) is 0 Å². The lowest BCUT2D eigenvalue weighted by Crippen LogP contribution is -2.46. The van der Waals surface area contributed by atoms with E-state index in [0.717, 1.165) is 12.8 Å². The van der Waals surface area contributed by atoms with Gasteiger partial charge in [0.1, 0.15) is 0 Å². The molecule has 0 saturated carbocycles. The molecule has 1 aromatic rings. The number of amides is 2. The van der Waals surface area contributed by atoms with Gasteiger partial charge in [-0.15, -0.1) is 0 Å². The Morgan fingerprint density at radius 2 is 2.04 bits per heavy atom. The molecule has 1 N–H and O–H groups in total. The Morgan fingerprint density at radius 1 is 1.29 bits per heavy atom. The summed E-state index contributed by atoms with van der Waals surface area (Å²) in [6, 6.07) is 4.78. The normalized spacial score (nSPS) is 17.7. The van der Waals surface area contributed by atoms with Gasteiger partial charge in [-0.2, -0.15) is 0 Å². The number of nitrogens with one attached hydrogen (secondary N) is 1. The fraction of sp³-hybridized carbons (Fsp3) is 0.550. The number of likely N-dealkylation sites (tertiary alicyclic amines) is 1. The Balaban J connectivity index is 1.87. The fourth-order valence-corrected chi connectivity index (χ4v) is 3.48. The van der Waals surface area contributed by atoms with Crippen LogP contribution < -0.4 is 5.32 Å². The summed E-state index contributed by atoms with van der Waals surface area (Å²) in [6.07, 6.45) is 1.74. The first-order valence-corrected chi connectivity index (χ1v) is 10.2. The first-order chi connectivity index (χ1) is 13.3. The molecule has 154 valence electrons. The third kappa shape index (κ3) is 6.38. The lowest BCUT2D eigenvalue weighted by molar-refractivity contribution is -0.144. The number of rotatable bonds is 7. The van der Waals surface area contributed by atoms with Crippen LogP contribution in [-0.2, 0) is 14.3 Å². The smallest absolute Gasteiger partial charge is 0.306 e. The van der Waals surface area contributed by atoms with Crippen LogP contribution >= 0.6 is 23.2 Å². The van der Waals surface area contributed by atoms with E-state index < -0.39 is 0 Å². The van der Waals surface area contributed by atoms with Crippen molar-refractivity contribution in [1.29, 1.82) is 0 Å². The number of carbonyl (C=O) groups is 3. The van der Waals surface area contributed by atoms with E-state index in [-0.39, 0.29) is 36.0 Å². The molecule has 8 heteroatoms. The van der Waals surface area contributed by atoms with Crippen LogP contribution in [0.15, 0.2) is 18.2 Å². The van der Waals surface area contributed by atoms with Crippen molar-refractivity contribution in [2.45, 2.75) is 33.1 Å². The van der Waals surface area contributed by atoms with Crippen LogP contribution in [0.2, 0.25) is 10.0 Å². The molecule has 1 aliphatic rings. The summed E-state index contributed by atoms with van der Waals surface area (Å²) in [5.74, 6) is -0.801. The maximum atomic E-state index is 12.7. The van der Waals surface area contributed by atoms with Gasteiger partial charge < -0.3 is 15.0 Å². The SMILES string of the molecule is CCOC(=O)C[C@H](C)CNC(=O)[C@H]1CCCN(C(=O)c2ccc(Cl)c(Cl)c2)C1. The van der Waals surface area contributed by atoms with Crippen molar-refractivity contribution >= 4 is 41.0 Å². The van der Waals surface area contributed by atoms with Crippen LogP contribution in [0.1, 0.15) is 43.5 Å². The molecule has 0 aliphatic carbocycles. The maximum absolute atomic E-state index is 12.7. The molecule has 1 aromatic carbocycles. The van der Waals surface area contributed by atoms with Crippen LogP contribution in [0, 0.1) is 11.8 Å². The Morgan fingerprint density at radius 3 is 2.71 bits per heavy atom. The zero-order chi connectivity index (χ0) is 20.7. The van der Waals surface area contributed by atoms with Gasteiger partial charge in [0.2, 0.25) is 5.91 Å². The molecule has 0 aromatic heterocycles. The standard InChI is InChI=1S/C20H26Cl2N2O4/c1-3-28-18(25)9-13(2)11-23-19(26)15-5-4-8-24(12-15)20(27)14-6-7-16(21)17(22)10-14/h6-7,10,13,15H,3-5,8-9,11-12H2,1-2H3,(H,23,26)/t13-,15-/m0/s1. The zero-order valence-corrected chi connectivity index (χ0v) is 17.7. The monoisotopic (exact) mass is 428 g/mol. The van der Waals surface area contributed by atoms with Gasteiger partial charge in [0, 0.05) is 31.6 Å². The highest BCUT2D eigenvalue weighted by Crippen LogP contribution is 2.25. The number of hydrogen-bond donors (Lipinski definition) is 1. The molecule has 1 heterocycles. The van der Waals surface area contributed by atoms with Crippen molar-refractivity contribution in [3.63, 3.8) is 0 Å². The maximum Gasteiger partial charge on any atom is 0.306 e. The third-order valence-corrected chi connectivity index (χ3v) is 5.43. The van der Waals surface area contributed by atoms with Crippen LogP contribution in [0.25, 0.3) is 0 Å². The largest absolute Gasteiger partial charge is 0.466 e. The van der Waals surface area contributed by atoms with Gasteiger partial charge in [-0.05, 0) is 43.9 Å². The minimum Gasteiger partial charge on any atom is -0.466 e. The lowest BCUT2D eigenvalue weighted by Gasteiger charge is -2.32. The molecule has 0 unspecified atom stereocenters. The third-order valence-electron chi connectivity index (χ3n) is 4.69. The van der Waals surface area contributed by atoms with Gasteiger partial charge in [0.15, 0.2) is 0 Å². The lowest BCUT2D eigenvalue weighted by atomic mass is 9.96. The quantitative estimate of drug-likeness (QED) is 0.673. The van der Waals surface area contributed by atoms with Crippen LogP contribution in [-0.4, -0.2) is 48.9 Å². The van der Waals surface area contributed by atoms with Crippen LogP contribution in [0.3, 0.4) is 0 Å². The number of benzene rings is 1. The molecular formula is C20H26Cl2N2O4.